The minimum Gasteiger partial charge on any atom is -0.458 e. The van der Waals surface area contributed by atoms with Crippen molar-refractivity contribution in [1.29, 1.82) is 0 Å². The molecule has 3 nitrogen and oxygen atoms in total. The van der Waals surface area contributed by atoms with E-state index in [1.54, 1.807) is 6.08 Å². The summed E-state index contributed by atoms with van der Waals surface area (Å²) in [7, 11) is 0. The highest BCUT2D eigenvalue weighted by atomic mass is 16.5. The van der Waals surface area contributed by atoms with Crippen molar-refractivity contribution in [2.75, 3.05) is 13.1 Å². The standard InChI is InChI=1S/C22H27NO2/c1-4-23(5-2)16-20-10-12-21(13-11-20)17-25-22(24)15-14-19-8-6-18(3)7-9-19/h6-15H,4-5,16-17H2,1-3H3/b15-14+. The highest BCUT2D eigenvalue weighted by Crippen LogP contribution is 2.09. The Kier molecular flexibility index (Phi) is 7.42. The predicted octanol–water partition coefficient (Wildman–Crippen LogP) is 4.59. The molecule has 0 unspecified atom stereocenters. The van der Waals surface area contributed by atoms with Gasteiger partial charge in [0.1, 0.15) is 6.61 Å². The van der Waals surface area contributed by atoms with Gasteiger partial charge in [-0.05, 0) is 42.8 Å². The summed E-state index contributed by atoms with van der Waals surface area (Å²) in [4.78, 5) is 14.2. The first-order valence-electron chi connectivity index (χ1n) is 8.82. The van der Waals surface area contributed by atoms with Gasteiger partial charge in [-0.15, -0.1) is 0 Å². The van der Waals surface area contributed by atoms with E-state index in [1.165, 1.54) is 17.2 Å². The van der Waals surface area contributed by atoms with Crippen LogP contribution in [0.4, 0.5) is 0 Å². The fourth-order valence-electron chi connectivity index (χ4n) is 2.49. The number of rotatable bonds is 8. The molecule has 3 heteroatoms. The Morgan fingerprint density at radius 1 is 0.960 bits per heavy atom. The minimum absolute atomic E-state index is 0.294. The summed E-state index contributed by atoms with van der Waals surface area (Å²) in [6, 6.07) is 16.2. The van der Waals surface area contributed by atoms with Crippen molar-refractivity contribution in [3.05, 3.63) is 76.9 Å². The number of esters is 1. The first kappa shape index (κ1) is 18.9. The predicted molar refractivity (Wildman–Crippen MR) is 103 cm³/mol. The van der Waals surface area contributed by atoms with Crippen molar-refractivity contribution in [3.63, 3.8) is 0 Å². The van der Waals surface area contributed by atoms with Crippen LogP contribution in [0.25, 0.3) is 6.08 Å². The number of hydrogen-bond donors (Lipinski definition) is 0. The van der Waals surface area contributed by atoms with Crippen molar-refractivity contribution in [1.82, 2.24) is 4.90 Å². The number of benzene rings is 2. The lowest BCUT2D eigenvalue weighted by atomic mass is 10.1. The lowest BCUT2D eigenvalue weighted by Gasteiger charge is -2.18. The van der Waals surface area contributed by atoms with Crippen molar-refractivity contribution in [3.8, 4) is 0 Å². The number of aryl methyl sites for hydroxylation is 1. The van der Waals surface area contributed by atoms with Gasteiger partial charge < -0.3 is 4.74 Å². The number of carbonyl (C=O) groups excluding carboxylic acids is 1. The number of hydrogen-bond acceptors (Lipinski definition) is 3. The molecular formula is C22H27NO2. The second-order valence-electron chi connectivity index (χ2n) is 6.13. The van der Waals surface area contributed by atoms with E-state index in [9.17, 15) is 4.79 Å². The van der Waals surface area contributed by atoms with E-state index in [0.29, 0.717) is 6.61 Å². The number of nitrogens with zero attached hydrogens (tertiary/aromatic N) is 1. The van der Waals surface area contributed by atoms with Crippen LogP contribution in [0.1, 0.15) is 36.1 Å². The third kappa shape index (κ3) is 6.55. The molecule has 2 aromatic rings. The average Bonchev–Trinajstić information content (AvgIpc) is 2.65. The topological polar surface area (TPSA) is 29.5 Å². The molecule has 2 aromatic carbocycles. The van der Waals surface area contributed by atoms with Gasteiger partial charge in [0.25, 0.3) is 0 Å². The minimum atomic E-state index is -0.326. The number of ether oxygens (including phenoxy) is 1. The molecule has 0 spiro atoms. The van der Waals surface area contributed by atoms with Crippen LogP contribution >= 0.6 is 0 Å². The zero-order chi connectivity index (χ0) is 18.1. The molecule has 0 atom stereocenters. The van der Waals surface area contributed by atoms with E-state index in [-0.39, 0.29) is 5.97 Å². The molecule has 0 amide bonds. The van der Waals surface area contributed by atoms with Gasteiger partial charge in [-0.2, -0.15) is 0 Å². The van der Waals surface area contributed by atoms with Crippen molar-refractivity contribution in [2.45, 2.75) is 33.9 Å². The second kappa shape index (κ2) is 9.80. The normalized spacial score (nSPS) is 11.2. The molecule has 0 aliphatic heterocycles. The lowest BCUT2D eigenvalue weighted by Crippen LogP contribution is -2.22. The van der Waals surface area contributed by atoms with Crippen molar-refractivity contribution < 1.29 is 9.53 Å². The summed E-state index contributed by atoms with van der Waals surface area (Å²) >= 11 is 0. The molecule has 2 rings (SSSR count). The first-order valence-corrected chi connectivity index (χ1v) is 8.82. The van der Waals surface area contributed by atoms with Gasteiger partial charge in [0, 0.05) is 12.6 Å². The van der Waals surface area contributed by atoms with Crippen LogP contribution in [-0.4, -0.2) is 24.0 Å². The maximum absolute atomic E-state index is 11.8. The van der Waals surface area contributed by atoms with Crippen LogP contribution in [-0.2, 0) is 22.7 Å². The fourth-order valence-corrected chi connectivity index (χ4v) is 2.49. The number of carbonyl (C=O) groups is 1. The smallest absolute Gasteiger partial charge is 0.331 e. The van der Waals surface area contributed by atoms with E-state index in [1.807, 2.05) is 43.3 Å². The van der Waals surface area contributed by atoms with Crippen LogP contribution in [0.3, 0.4) is 0 Å². The molecule has 0 fully saturated rings. The Hall–Kier alpha value is -2.39. The zero-order valence-electron chi connectivity index (χ0n) is 15.4. The monoisotopic (exact) mass is 337 g/mol. The Balaban J connectivity index is 1.82. The van der Waals surface area contributed by atoms with Gasteiger partial charge in [-0.3, -0.25) is 4.90 Å². The largest absolute Gasteiger partial charge is 0.458 e. The van der Waals surface area contributed by atoms with E-state index >= 15 is 0 Å². The Morgan fingerprint density at radius 3 is 2.16 bits per heavy atom. The summed E-state index contributed by atoms with van der Waals surface area (Å²) in [5.41, 5.74) is 4.46. The molecule has 0 saturated carbocycles. The summed E-state index contributed by atoms with van der Waals surface area (Å²) < 4.78 is 5.30. The molecule has 25 heavy (non-hydrogen) atoms. The van der Waals surface area contributed by atoms with Crippen LogP contribution in [0, 0.1) is 6.92 Å². The van der Waals surface area contributed by atoms with E-state index in [0.717, 1.165) is 30.8 Å². The van der Waals surface area contributed by atoms with Gasteiger partial charge in [-0.25, -0.2) is 4.79 Å². The Labute approximate surface area is 150 Å². The van der Waals surface area contributed by atoms with Crippen molar-refractivity contribution in [2.24, 2.45) is 0 Å². The van der Waals surface area contributed by atoms with E-state index < -0.39 is 0 Å². The van der Waals surface area contributed by atoms with Crippen LogP contribution in [0.5, 0.6) is 0 Å². The van der Waals surface area contributed by atoms with Crippen LogP contribution in [0.15, 0.2) is 54.6 Å². The molecule has 0 aliphatic rings. The third-order valence-electron chi connectivity index (χ3n) is 4.19. The fraction of sp³-hybridized carbons (Fsp3) is 0.318. The highest BCUT2D eigenvalue weighted by Gasteiger charge is 2.03. The van der Waals surface area contributed by atoms with Crippen LogP contribution < -0.4 is 0 Å². The Morgan fingerprint density at radius 2 is 1.56 bits per heavy atom. The second-order valence-corrected chi connectivity index (χ2v) is 6.13. The van der Waals surface area contributed by atoms with Gasteiger partial charge in [0.05, 0.1) is 0 Å². The summed E-state index contributed by atoms with van der Waals surface area (Å²) in [6.45, 7) is 9.71. The molecule has 0 aliphatic carbocycles. The molecule has 0 radical (unpaired) electrons. The van der Waals surface area contributed by atoms with Crippen LogP contribution in [0.2, 0.25) is 0 Å². The molecular weight excluding hydrogens is 310 g/mol. The molecule has 0 heterocycles. The SMILES string of the molecule is CCN(CC)Cc1ccc(COC(=O)/C=C/c2ccc(C)cc2)cc1. The third-order valence-corrected chi connectivity index (χ3v) is 4.19. The average molecular weight is 337 g/mol. The van der Waals surface area contributed by atoms with Gasteiger partial charge in [0.15, 0.2) is 0 Å². The summed E-state index contributed by atoms with van der Waals surface area (Å²) in [6.07, 6.45) is 3.24. The van der Waals surface area contributed by atoms with Gasteiger partial charge in [0.2, 0.25) is 0 Å². The maximum atomic E-state index is 11.8. The maximum Gasteiger partial charge on any atom is 0.331 e. The summed E-state index contributed by atoms with van der Waals surface area (Å²) in [5, 5.41) is 0. The first-order chi connectivity index (χ1) is 12.1. The van der Waals surface area contributed by atoms with E-state index in [4.69, 9.17) is 4.74 Å². The summed E-state index contributed by atoms with van der Waals surface area (Å²) in [5.74, 6) is -0.326. The molecule has 132 valence electrons. The molecule has 0 aromatic heterocycles. The molecule has 0 saturated heterocycles. The zero-order valence-corrected chi connectivity index (χ0v) is 15.4. The van der Waals surface area contributed by atoms with E-state index in [2.05, 4.69) is 30.9 Å². The molecule has 0 N–H and O–H groups in total. The molecule has 0 bridgehead atoms. The lowest BCUT2D eigenvalue weighted by molar-refractivity contribution is -0.138. The van der Waals surface area contributed by atoms with Gasteiger partial charge in [-0.1, -0.05) is 67.9 Å². The highest BCUT2D eigenvalue weighted by molar-refractivity contribution is 5.87. The quantitative estimate of drug-likeness (QED) is 0.521. The van der Waals surface area contributed by atoms with Gasteiger partial charge >= 0.3 is 5.97 Å². The van der Waals surface area contributed by atoms with Crippen molar-refractivity contribution >= 4 is 12.0 Å². The Bertz CT molecular complexity index is 683.